The van der Waals surface area contributed by atoms with Crippen LogP contribution in [0.4, 0.5) is 11.5 Å². The summed E-state index contributed by atoms with van der Waals surface area (Å²) in [6, 6.07) is 15.9. The maximum absolute atomic E-state index is 12.6. The number of nitrogens with one attached hydrogen (secondary N) is 1. The van der Waals surface area contributed by atoms with Crippen molar-refractivity contribution in [3.8, 4) is 5.75 Å². The standard InChI is InChI=1S/C22H15N5O3/c28-20-12-30-15-7-8-18-16(10-15)21(25-13-24-18)26-17-5-2-1-4-14(17)11-23-22(29)19-6-3-9-27(19)20/h1-11,13H,12H2,(H,24,25,26)/b23-11+. The van der Waals surface area contributed by atoms with Gasteiger partial charge >= 0.3 is 0 Å². The Labute approximate surface area is 170 Å². The highest BCUT2D eigenvalue weighted by molar-refractivity contribution is 6.05. The maximum Gasteiger partial charge on any atom is 0.294 e. The largest absolute Gasteiger partial charge is 0.484 e. The number of ether oxygens (including phenoxy) is 1. The lowest BCUT2D eigenvalue weighted by Crippen LogP contribution is -2.22. The molecule has 8 heteroatoms. The Morgan fingerprint density at radius 1 is 1.00 bits per heavy atom. The van der Waals surface area contributed by atoms with E-state index in [1.54, 1.807) is 30.3 Å². The third-order valence-electron chi connectivity index (χ3n) is 4.74. The fraction of sp³-hybridized carbons (Fsp3) is 0.0455. The summed E-state index contributed by atoms with van der Waals surface area (Å²) in [4.78, 5) is 37.9. The highest BCUT2D eigenvalue weighted by Gasteiger charge is 2.16. The molecular formula is C22H15N5O3. The third-order valence-corrected chi connectivity index (χ3v) is 4.74. The zero-order valence-electron chi connectivity index (χ0n) is 15.6. The van der Waals surface area contributed by atoms with Crippen molar-refractivity contribution >= 4 is 40.4 Å². The summed E-state index contributed by atoms with van der Waals surface area (Å²) in [5.74, 6) is 0.165. The fourth-order valence-corrected chi connectivity index (χ4v) is 3.26. The topological polar surface area (TPSA) is 98.5 Å². The zero-order chi connectivity index (χ0) is 20.5. The van der Waals surface area contributed by atoms with E-state index < -0.39 is 5.91 Å². The Balaban J connectivity index is 1.68. The second-order valence-corrected chi connectivity index (χ2v) is 6.62. The first kappa shape index (κ1) is 17.7. The molecular weight excluding hydrogens is 382 g/mol. The van der Waals surface area contributed by atoms with Crippen LogP contribution in [-0.4, -0.2) is 39.2 Å². The SMILES string of the molecule is O=C1/N=C/c2ccccc2Nc2ncnc3ccc(cc23)OCC(=O)n2cccc21. The molecule has 5 rings (SSSR count). The van der Waals surface area contributed by atoms with Gasteiger partial charge in [-0.05, 0) is 36.4 Å². The molecule has 0 fully saturated rings. The Bertz CT molecular complexity index is 1330. The highest BCUT2D eigenvalue weighted by Crippen LogP contribution is 2.28. The lowest BCUT2D eigenvalue weighted by molar-refractivity contribution is 0.0821. The van der Waals surface area contributed by atoms with E-state index in [2.05, 4.69) is 20.3 Å². The number of fused-ring (bicyclic) bond motifs is 3. The molecule has 1 aliphatic heterocycles. The number of anilines is 2. The Morgan fingerprint density at radius 3 is 2.83 bits per heavy atom. The molecule has 0 atom stereocenters. The number of hydrogen-bond donors (Lipinski definition) is 1. The van der Waals surface area contributed by atoms with Gasteiger partial charge in [-0.2, -0.15) is 0 Å². The number of nitrogens with zero attached hydrogens (tertiary/aromatic N) is 4. The van der Waals surface area contributed by atoms with Crippen molar-refractivity contribution in [3.05, 3.63) is 78.4 Å². The van der Waals surface area contributed by atoms with Crippen LogP contribution in [0.2, 0.25) is 0 Å². The minimum atomic E-state index is -0.525. The molecule has 4 aromatic rings. The smallest absolute Gasteiger partial charge is 0.294 e. The van der Waals surface area contributed by atoms with Crippen molar-refractivity contribution < 1.29 is 14.3 Å². The first-order valence-corrected chi connectivity index (χ1v) is 9.21. The molecule has 2 aromatic carbocycles. The first-order chi connectivity index (χ1) is 14.7. The monoisotopic (exact) mass is 397 g/mol. The average molecular weight is 397 g/mol. The van der Waals surface area contributed by atoms with Gasteiger partial charge in [0, 0.05) is 29.0 Å². The zero-order valence-corrected chi connectivity index (χ0v) is 15.6. The Hall–Kier alpha value is -4.33. The molecule has 0 aliphatic carbocycles. The third kappa shape index (κ3) is 3.20. The molecule has 0 spiro atoms. The summed E-state index contributed by atoms with van der Waals surface area (Å²) >= 11 is 0. The van der Waals surface area contributed by atoms with Crippen LogP contribution in [0.25, 0.3) is 10.9 Å². The van der Waals surface area contributed by atoms with E-state index in [1.807, 2.05) is 24.3 Å². The molecule has 2 bridgehead atoms. The van der Waals surface area contributed by atoms with E-state index in [-0.39, 0.29) is 18.2 Å². The number of aromatic nitrogens is 3. The van der Waals surface area contributed by atoms with Crippen LogP contribution < -0.4 is 10.1 Å². The predicted octanol–water partition coefficient (Wildman–Crippen LogP) is 3.47. The average Bonchev–Trinajstić information content (AvgIpc) is 3.26. The number of amides is 1. The second kappa shape index (κ2) is 7.25. The number of carbonyl (C=O) groups excluding carboxylic acids is 2. The lowest BCUT2D eigenvalue weighted by atomic mass is 10.1. The number of carbonyl (C=O) groups is 2. The quantitative estimate of drug-likeness (QED) is 0.488. The van der Waals surface area contributed by atoms with E-state index in [1.165, 1.54) is 23.3 Å². The number of rotatable bonds is 0. The van der Waals surface area contributed by atoms with Crippen LogP contribution in [0.1, 0.15) is 20.8 Å². The molecule has 3 heterocycles. The van der Waals surface area contributed by atoms with Gasteiger partial charge in [-0.15, -0.1) is 0 Å². The van der Waals surface area contributed by atoms with Gasteiger partial charge in [0.1, 0.15) is 23.6 Å². The summed E-state index contributed by atoms with van der Waals surface area (Å²) in [5, 5.41) is 4.02. The summed E-state index contributed by atoms with van der Waals surface area (Å²) in [5.41, 5.74) is 2.32. The molecule has 1 aliphatic rings. The van der Waals surface area contributed by atoms with E-state index in [9.17, 15) is 9.59 Å². The molecule has 2 aromatic heterocycles. The van der Waals surface area contributed by atoms with Crippen molar-refractivity contribution in [3.63, 3.8) is 0 Å². The van der Waals surface area contributed by atoms with Crippen molar-refractivity contribution in [2.45, 2.75) is 0 Å². The number of para-hydroxylation sites is 1. The molecule has 0 radical (unpaired) electrons. The maximum atomic E-state index is 12.6. The van der Waals surface area contributed by atoms with Gasteiger partial charge in [-0.25, -0.2) is 15.0 Å². The number of aliphatic imine (C=N–C) groups is 1. The first-order valence-electron chi connectivity index (χ1n) is 9.21. The summed E-state index contributed by atoms with van der Waals surface area (Å²) in [6.45, 7) is -0.235. The Kier molecular flexibility index (Phi) is 4.29. The van der Waals surface area contributed by atoms with Crippen LogP contribution in [0.5, 0.6) is 5.75 Å². The minimum Gasteiger partial charge on any atom is -0.484 e. The summed E-state index contributed by atoms with van der Waals surface area (Å²) in [6.07, 6.45) is 4.46. The normalized spacial score (nSPS) is 14.8. The van der Waals surface area contributed by atoms with Gasteiger partial charge < -0.3 is 10.1 Å². The van der Waals surface area contributed by atoms with Crippen molar-refractivity contribution in [1.29, 1.82) is 0 Å². The Morgan fingerprint density at radius 2 is 1.90 bits per heavy atom. The lowest BCUT2D eigenvalue weighted by Gasteiger charge is -2.12. The van der Waals surface area contributed by atoms with E-state index in [4.69, 9.17) is 4.74 Å². The molecule has 0 saturated heterocycles. The second-order valence-electron chi connectivity index (χ2n) is 6.62. The van der Waals surface area contributed by atoms with Crippen LogP contribution in [0.15, 0.2) is 72.1 Å². The van der Waals surface area contributed by atoms with Crippen molar-refractivity contribution in [2.75, 3.05) is 11.9 Å². The fourth-order valence-electron chi connectivity index (χ4n) is 3.26. The molecule has 1 amide bonds. The van der Waals surface area contributed by atoms with Crippen LogP contribution in [0.3, 0.4) is 0 Å². The van der Waals surface area contributed by atoms with Crippen LogP contribution in [-0.2, 0) is 0 Å². The van der Waals surface area contributed by atoms with Gasteiger partial charge in [-0.1, -0.05) is 18.2 Å². The van der Waals surface area contributed by atoms with Gasteiger partial charge in [0.2, 0.25) is 0 Å². The van der Waals surface area contributed by atoms with E-state index in [0.717, 1.165) is 16.6 Å². The van der Waals surface area contributed by atoms with Crippen molar-refractivity contribution in [2.24, 2.45) is 4.99 Å². The highest BCUT2D eigenvalue weighted by atomic mass is 16.5. The summed E-state index contributed by atoms with van der Waals surface area (Å²) in [7, 11) is 0. The minimum absolute atomic E-state index is 0.171. The molecule has 30 heavy (non-hydrogen) atoms. The molecule has 8 nitrogen and oxygen atoms in total. The number of benzene rings is 2. The molecule has 1 N–H and O–H groups in total. The van der Waals surface area contributed by atoms with Gasteiger partial charge in [0.05, 0.1) is 5.52 Å². The number of hydrogen-bond acceptors (Lipinski definition) is 6. The summed E-state index contributed by atoms with van der Waals surface area (Å²) < 4.78 is 6.93. The molecule has 0 saturated carbocycles. The van der Waals surface area contributed by atoms with Crippen molar-refractivity contribution in [1.82, 2.24) is 14.5 Å². The van der Waals surface area contributed by atoms with E-state index in [0.29, 0.717) is 17.1 Å². The van der Waals surface area contributed by atoms with Crippen LogP contribution >= 0.6 is 0 Å². The molecule has 0 unspecified atom stereocenters. The van der Waals surface area contributed by atoms with Gasteiger partial charge in [-0.3, -0.25) is 14.2 Å². The van der Waals surface area contributed by atoms with Gasteiger partial charge in [0.15, 0.2) is 6.61 Å². The molecule has 146 valence electrons. The van der Waals surface area contributed by atoms with Crippen LogP contribution in [0, 0.1) is 0 Å². The van der Waals surface area contributed by atoms with E-state index >= 15 is 0 Å². The predicted molar refractivity (Wildman–Crippen MR) is 112 cm³/mol. The van der Waals surface area contributed by atoms with Gasteiger partial charge in [0.25, 0.3) is 11.8 Å².